The van der Waals surface area contributed by atoms with Crippen LogP contribution in [0, 0.1) is 0 Å². The van der Waals surface area contributed by atoms with Crippen molar-refractivity contribution in [1.82, 2.24) is 15.3 Å². The molecule has 1 amide bonds. The average Bonchev–Trinajstić information content (AvgIpc) is 2.40. The van der Waals surface area contributed by atoms with Crippen molar-refractivity contribution >= 4 is 11.9 Å². The molecule has 2 heterocycles. The molecule has 1 aliphatic heterocycles. The predicted octanol–water partition coefficient (Wildman–Crippen LogP) is -0.480. The Morgan fingerprint density at radius 1 is 1.41 bits per heavy atom. The maximum atomic E-state index is 11.2. The molecule has 6 heteroatoms. The Morgan fingerprint density at radius 2 is 2.06 bits per heavy atom. The number of aromatic nitrogens is 2. The van der Waals surface area contributed by atoms with Crippen LogP contribution in [0.3, 0.4) is 0 Å². The van der Waals surface area contributed by atoms with Crippen LogP contribution in [0.4, 0.5) is 5.95 Å². The zero-order valence-corrected chi connectivity index (χ0v) is 9.67. The second-order valence-electron chi connectivity index (χ2n) is 4.08. The molecule has 3 N–H and O–H groups in total. The van der Waals surface area contributed by atoms with Gasteiger partial charge in [-0.2, -0.15) is 0 Å². The molecule has 1 fully saturated rings. The minimum atomic E-state index is -0.0839. The second-order valence-corrected chi connectivity index (χ2v) is 4.08. The molecular weight excluding hydrogens is 218 g/mol. The van der Waals surface area contributed by atoms with Crippen molar-refractivity contribution in [3.05, 3.63) is 18.5 Å². The van der Waals surface area contributed by atoms with E-state index in [9.17, 15) is 4.79 Å². The zero-order valence-electron chi connectivity index (χ0n) is 9.67. The van der Waals surface area contributed by atoms with E-state index < -0.39 is 0 Å². The van der Waals surface area contributed by atoms with E-state index in [1.165, 1.54) is 0 Å². The van der Waals surface area contributed by atoms with Gasteiger partial charge in [-0.05, 0) is 18.9 Å². The Kier molecular flexibility index (Phi) is 3.87. The van der Waals surface area contributed by atoms with Crippen molar-refractivity contribution in [2.75, 3.05) is 24.5 Å². The fraction of sp³-hybridized carbons (Fsp3) is 0.545. The van der Waals surface area contributed by atoms with Crippen molar-refractivity contribution in [1.29, 1.82) is 0 Å². The van der Waals surface area contributed by atoms with E-state index in [0.29, 0.717) is 0 Å². The molecular formula is C11H17N5O. The van der Waals surface area contributed by atoms with Crippen LogP contribution in [-0.2, 0) is 4.79 Å². The van der Waals surface area contributed by atoms with Crippen LogP contribution in [0.2, 0.25) is 0 Å². The normalized spacial score (nSPS) is 16.9. The molecule has 2 rings (SSSR count). The van der Waals surface area contributed by atoms with Gasteiger partial charge in [-0.25, -0.2) is 9.97 Å². The summed E-state index contributed by atoms with van der Waals surface area (Å²) in [4.78, 5) is 21.7. The molecule has 1 saturated heterocycles. The summed E-state index contributed by atoms with van der Waals surface area (Å²) in [6.45, 7) is 1.78. The molecule has 1 aromatic rings. The Labute approximate surface area is 100 Å². The first-order chi connectivity index (χ1) is 8.29. The van der Waals surface area contributed by atoms with E-state index >= 15 is 0 Å². The summed E-state index contributed by atoms with van der Waals surface area (Å²) in [5, 5.41) is 2.91. The summed E-state index contributed by atoms with van der Waals surface area (Å²) in [5.74, 6) is 0.676. The lowest BCUT2D eigenvalue weighted by Gasteiger charge is -2.32. The van der Waals surface area contributed by atoms with Crippen LogP contribution in [0.25, 0.3) is 0 Å². The molecule has 0 atom stereocenters. The summed E-state index contributed by atoms with van der Waals surface area (Å²) in [5.41, 5.74) is 5.27. The minimum absolute atomic E-state index is 0.0576. The highest BCUT2D eigenvalue weighted by Gasteiger charge is 2.21. The van der Waals surface area contributed by atoms with Gasteiger partial charge in [-0.15, -0.1) is 0 Å². The van der Waals surface area contributed by atoms with E-state index in [1.54, 1.807) is 18.5 Å². The topological polar surface area (TPSA) is 84.1 Å². The molecule has 6 nitrogen and oxygen atoms in total. The first-order valence-corrected chi connectivity index (χ1v) is 5.81. The van der Waals surface area contributed by atoms with Gasteiger partial charge in [0.1, 0.15) is 0 Å². The van der Waals surface area contributed by atoms with E-state index in [4.69, 9.17) is 5.73 Å². The van der Waals surface area contributed by atoms with Crippen molar-refractivity contribution in [2.45, 2.75) is 18.9 Å². The van der Waals surface area contributed by atoms with Crippen LogP contribution >= 0.6 is 0 Å². The van der Waals surface area contributed by atoms with E-state index in [0.717, 1.165) is 31.9 Å². The molecule has 0 bridgehead atoms. The number of carbonyl (C=O) groups is 1. The number of nitrogens with zero attached hydrogens (tertiary/aromatic N) is 3. The first kappa shape index (κ1) is 11.8. The summed E-state index contributed by atoms with van der Waals surface area (Å²) < 4.78 is 0. The smallest absolute Gasteiger partial charge is 0.233 e. The van der Waals surface area contributed by atoms with Gasteiger partial charge in [0.25, 0.3) is 0 Å². The van der Waals surface area contributed by atoms with Crippen LogP contribution in [-0.4, -0.2) is 41.6 Å². The third-order valence-corrected chi connectivity index (χ3v) is 2.88. The van der Waals surface area contributed by atoms with Gasteiger partial charge in [0, 0.05) is 31.5 Å². The summed E-state index contributed by atoms with van der Waals surface area (Å²) in [6.07, 6.45) is 5.29. The fourth-order valence-corrected chi connectivity index (χ4v) is 1.96. The number of nitrogens with one attached hydrogen (secondary N) is 1. The van der Waals surface area contributed by atoms with E-state index in [1.807, 2.05) is 0 Å². The number of carbonyl (C=O) groups excluding carboxylic acids is 1. The molecule has 0 saturated carbocycles. The number of rotatable bonds is 3. The molecule has 92 valence electrons. The van der Waals surface area contributed by atoms with Gasteiger partial charge >= 0.3 is 0 Å². The lowest BCUT2D eigenvalue weighted by atomic mass is 10.1. The number of piperidine rings is 1. The fourth-order valence-electron chi connectivity index (χ4n) is 1.96. The highest BCUT2D eigenvalue weighted by Crippen LogP contribution is 2.14. The Balaban J connectivity index is 1.84. The lowest BCUT2D eigenvalue weighted by Crippen LogP contribution is -2.46. The Hall–Kier alpha value is -1.69. The second kappa shape index (κ2) is 5.58. The third-order valence-electron chi connectivity index (χ3n) is 2.88. The minimum Gasteiger partial charge on any atom is -0.352 e. The number of anilines is 1. The number of hydrogen-bond donors (Lipinski definition) is 2. The molecule has 1 aliphatic rings. The van der Waals surface area contributed by atoms with E-state index in [2.05, 4.69) is 20.2 Å². The Bertz CT molecular complexity index is 361. The number of hydrogen-bond acceptors (Lipinski definition) is 5. The molecule has 0 radical (unpaired) electrons. The largest absolute Gasteiger partial charge is 0.352 e. The highest BCUT2D eigenvalue weighted by atomic mass is 16.1. The van der Waals surface area contributed by atoms with Crippen LogP contribution in [0.1, 0.15) is 12.8 Å². The van der Waals surface area contributed by atoms with Crippen molar-refractivity contribution in [3.8, 4) is 0 Å². The van der Waals surface area contributed by atoms with Crippen molar-refractivity contribution < 1.29 is 4.79 Å². The number of nitrogens with two attached hydrogens (primary N) is 1. The lowest BCUT2D eigenvalue weighted by molar-refractivity contribution is -0.120. The maximum absolute atomic E-state index is 11.2. The molecule has 0 aliphatic carbocycles. The van der Waals surface area contributed by atoms with Gasteiger partial charge < -0.3 is 16.0 Å². The molecule has 17 heavy (non-hydrogen) atoms. The van der Waals surface area contributed by atoms with Crippen molar-refractivity contribution in [3.63, 3.8) is 0 Å². The highest BCUT2D eigenvalue weighted by molar-refractivity contribution is 5.78. The van der Waals surface area contributed by atoms with Gasteiger partial charge in [-0.1, -0.05) is 0 Å². The van der Waals surface area contributed by atoms with Gasteiger partial charge in [0.05, 0.1) is 6.54 Å². The molecule has 1 aromatic heterocycles. The number of amides is 1. The molecule has 0 aromatic carbocycles. The summed E-state index contributed by atoms with van der Waals surface area (Å²) in [7, 11) is 0. The van der Waals surface area contributed by atoms with Crippen LogP contribution < -0.4 is 16.0 Å². The molecule has 0 spiro atoms. The SMILES string of the molecule is NCC(=O)NC1CCN(c2ncccn2)CC1. The standard InChI is InChI=1S/C11H17N5O/c12-8-10(17)15-9-2-6-16(7-3-9)11-13-4-1-5-14-11/h1,4-5,9H,2-3,6-8,12H2,(H,15,17). The Morgan fingerprint density at radius 3 is 2.65 bits per heavy atom. The predicted molar refractivity (Wildman–Crippen MR) is 64.5 cm³/mol. The van der Waals surface area contributed by atoms with Crippen LogP contribution in [0.15, 0.2) is 18.5 Å². The quantitative estimate of drug-likeness (QED) is 0.739. The summed E-state index contributed by atoms with van der Waals surface area (Å²) in [6, 6.07) is 2.03. The van der Waals surface area contributed by atoms with Gasteiger partial charge in [0.15, 0.2) is 0 Å². The zero-order chi connectivity index (χ0) is 12.1. The first-order valence-electron chi connectivity index (χ1n) is 5.81. The van der Waals surface area contributed by atoms with Gasteiger partial charge in [0.2, 0.25) is 11.9 Å². The van der Waals surface area contributed by atoms with E-state index in [-0.39, 0.29) is 18.5 Å². The monoisotopic (exact) mass is 235 g/mol. The van der Waals surface area contributed by atoms with Crippen molar-refractivity contribution in [2.24, 2.45) is 5.73 Å². The van der Waals surface area contributed by atoms with Gasteiger partial charge in [-0.3, -0.25) is 4.79 Å². The van der Waals surface area contributed by atoms with Crippen LogP contribution in [0.5, 0.6) is 0 Å². The molecule has 0 unspecified atom stereocenters. The summed E-state index contributed by atoms with van der Waals surface area (Å²) >= 11 is 0. The maximum Gasteiger partial charge on any atom is 0.233 e. The third kappa shape index (κ3) is 3.13. The average molecular weight is 235 g/mol.